The molecule has 0 bridgehead atoms. The van der Waals surface area contributed by atoms with Crippen LogP contribution in [0, 0.1) is 0 Å². The van der Waals surface area contributed by atoms with Gasteiger partial charge in [0, 0.05) is 29.6 Å². The SMILES string of the molecule is CC(C)(CNC(=O)C1(c2ccc(Br)cc2)CCOCC1)c1ccccc1. The van der Waals surface area contributed by atoms with Crippen molar-refractivity contribution >= 4 is 21.8 Å². The Kier molecular flexibility index (Phi) is 5.83. The molecule has 26 heavy (non-hydrogen) atoms. The number of halogens is 1. The van der Waals surface area contributed by atoms with E-state index in [0.29, 0.717) is 32.6 Å². The molecule has 0 atom stereocenters. The summed E-state index contributed by atoms with van der Waals surface area (Å²) in [5, 5.41) is 3.24. The molecule has 0 radical (unpaired) electrons. The highest BCUT2D eigenvalue weighted by Crippen LogP contribution is 2.36. The number of benzene rings is 2. The lowest BCUT2D eigenvalue weighted by Crippen LogP contribution is -2.50. The standard InChI is InChI=1S/C22H26BrNO2/c1-21(2,17-6-4-3-5-7-17)16-24-20(25)22(12-14-26-15-13-22)18-8-10-19(23)11-9-18/h3-11H,12-16H2,1-2H3,(H,24,25). The van der Waals surface area contributed by atoms with Gasteiger partial charge in [-0.05, 0) is 36.1 Å². The van der Waals surface area contributed by atoms with Crippen LogP contribution < -0.4 is 5.32 Å². The van der Waals surface area contributed by atoms with E-state index in [1.165, 1.54) is 5.56 Å². The van der Waals surface area contributed by atoms with Crippen molar-refractivity contribution in [2.45, 2.75) is 37.5 Å². The highest BCUT2D eigenvalue weighted by atomic mass is 79.9. The molecule has 1 saturated heterocycles. The topological polar surface area (TPSA) is 38.3 Å². The minimum absolute atomic E-state index is 0.104. The van der Waals surface area contributed by atoms with E-state index in [1.54, 1.807) is 0 Å². The van der Waals surface area contributed by atoms with Crippen LogP contribution in [0.4, 0.5) is 0 Å². The van der Waals surface area contributed by atoms with Gasteiger partial charge in [-0.1, -0.05) is 72.2 Å². The molecular weight excluding hydrogens is 390 g/mol. The molecule has 3 rings (SSSR count). The average Bonchev–Trinajstić information content (AvgIpc) is 2.68. The van der Waals surface area contributed by atoms with Crippen molar-refractivity contribution < 1.29 is 9.53 Å². The second-order valence-electron chi connectivity index (χ2n) is 7.63. The van der Waals surface area contributed by atoms with E-state index < -0.39 is 5.41 Å². The van der Waals surface area contributed by atoms with Crippen LogP contribution in [0.1, 0.15) is 37.8 Å². The van der Waals surface area contributed by atoms with Crippen molar-refractivity contribution in [1.82, 2.24) is 5.32 Å². The second-order valence-corrected chi connectivity index (χ2v) is 8.55. The minimum atomic E-state index is -0.508. The van der Waals surface area contributed by atoms with Crippen LogP contribution in [0.3, 0.4) is 0 Å². The van der Waals surface area contributed by atoms with Crippen LogP contribution in [0.5, 0.6) is 0 Å². The number of hydrogen-bond donors (Lipinski definition) is 1. The fraction of sp³-hybridized carbons (Fsp3) is 0.409. The molecule has 0 spiro atoms. The minimum Gasteiger partial charge on any atom is -0.381 e. The van der Waals surface area contributed by atoms with E-state index in [2.05, 4.69) is 59.4 Å². The lowest BCUT2D eigenvalue weighted by atomic mass is 9.73. The fourth-order valence-corrected chi connectivity index (χ4v) is 3.86. The summed E-state index contributed by atoms with van der Waals surface area (Å²) >= 11 is 3.48. The predicted molar refractivity (Wildman–Crippen MR) is 108 cm³/mol. The maximum Gasteiger partial charge on any atom is 0.230 e. The lowest BCUT2D eigenvalue weighted by Gasteiger charge is -2.37. The van der Waals surface area contributed by atoms with Crippen molar-refractivity contribution in [1.29, 1.82) is 0 Å². The highest BCUT2D eigenvalue weighted by molar-refractivity contribution is 9.10. The third-order valence-electron chi connectivity index (χ3n) is 5.42. The lowest BCUT2D eigenvalue weighted by molar-refractivity contribution is -0.130. The van der Waals surface area contributed by atoms with E-state index in [0.717, 1.165) is 10.0 Å². The van der Waals surface area contributed by atoms with E-state index in [9.17, 15) is 4.79 Å². The van der Waals surface area contributed by atoms with Gasteiger partial charge in [0.25, 0.3) is 0 Å². The fourth-order valence-electron chi connectivity index (χ4n) is 3.60. The van der Waals surface area contributed by atoms with E-state index in [1.807, 2.05) is 30.3 Å². The maximum atomic E-state index is 13.3. The molecule has 1 amide bonds. The van der Waals surface area contributed by atoms with Crippen molar-refractivity contribution in [3.05, 3.63) is 70.2 Å². The molecule has 0 saturated carbocycles. The maximum absolute atomic E-state index is 13.3. The molecule has 0 unspecified atom stereocenters. The van der Waals surface area contributed by atoms with Crippen LogP contribution in [0.2, 0.25) is 0 Å². The summed E-state index contributed by atoms with van der Waals surface area (Å²) in [5.41, 5.74) is 1.67. The van der Waals surface area contributed by atoms with E-state index in [4.69, 9.17) is 4.74 Å². The first-order chi connectivity index (χ1) is 12.4. The molecule has 0 aromatic heterocycles. The third kappa shape index (κ3) is 4.02. The van der Waals surface area contributed by atoms with Crippen LogP contribution in [0.25, 0.3) is 0 Å². The van der Waals surface area contributed by atoms with Gasteiger partial charge in [0.2, 0.25) is 5.91 Å². The summed E-state index contributed by atoms with van der Waals surface area (Å²) in [4.78, 5) is 13.3. The van der Waals surface area contributed by atoms with E-state index in [-0.39, 0.29) is 11.3 Å². The van der Waals surface area contributed by atoms with Gasteiger partial charge in [-0.2, -0.15) is 0 Å². The number of carbonyl (C=O) groups excluding carboxylic acids is 1. The molecule has 1 N–H and O–H groups in total. The summed E-state index contributed by atoms with van der Waals surface area (Å²) < 4.78 is 6.57. The summed E-state index contributed by atoms with van der Waals surface area (Å²) in [6.45, 7) is 6.17. The van der Waals surface area contributed by atoms with Gasteiger partial charge in [0.05, 0.1) is 5.41 Å². The quantitative estimate of drug-likeness (QED) is 0.774. The smallest absolute Gasteiger partial charge is 0.230 e. The molecule has 2 aromatic carbocycles. The molecule has 2 aromatic rings. The Bertz CT molecular complexity index is 734. The first kappa shape index (κ1) is 19.1. The second kappa shape index (κ2) is 7.93. The van der Waals surface area contributed by atoms with Crippen LogP contribution in [0.15, 0.2) is 59.1 Å². The van der Waals surface area contributed by atoms with E-state index >= 15 is 0 Å². The number of hydrogen-bond acceptors (Lipinski definition) is 2. The number of carbonyl (C=O) groups is 1. The molecule has 1 fully saturated rings. The molecule has 0 aliphatic carbocycles. The zero-order chi connectivity index (χ0) is 18.6. The Morgan fingerprint density at radius 3 is 2.31 bits per heavy atom. The molecule has 1 aliphatic rings. The van der Waals surface area contributed by atoms with Crippen molar-refractivity contribution in [2.75, 3.05) is 19.8 Å². The number of rotatable bonds is 5. The molecule has 1 aliphatic heterocycles. The van der Waals surface area contributed by atoms with Gasteiger partial charge >= 0.3 is 0 Å². The van der Waals surface area contributed by atoms with Crippen LogP contribution in [-0.2, 0) is 20.4 Å². The van der Waals surface area contributed by atoms with Crippen LogP contribution >= 0.6 is 15.9 Å². The third-order valence-corrected chi connectivity index (χ3v) is 5.95. The molecular formula is C22H26BrNO2. The van der Waals surface area contributed by atoms with Gasteiger partial charge in [-0.25, -0.2) is 0 Å². The predicted octanol–water partition coefficient (Wildman–Crippen LogP) is 4.59. The van der Waals surface area contributed by atoms with Gasteiger partial charge < -0.3 is 10.1 Å². The summed E-state index contributed by atoms with van der Waals surface area (Å²) in [6, 6.07) is 18.5. The van der Waals surface area contributed by atoms with Crippen LogP contribution in [-0.4, -0.2) is 25.7 Å². The zero-order valence-electron chi connectivity index (χ0n) is 15.4. The first-order valence-electron chi connectivity index (χ1n) is 9.12. The normalized spacial score (nSPS) is 16.9. The Labute approximate surface area is 164 Å². The molecule has 3 nitrogen and oxygen atoms in total. The largest absolute Gasteiger partial charge is 0.381 e. The van der Waals surface area contributed by atoms with Gasteiger partial charge in [0.15, 0.2) is 0 Å². The Morgan fingerprint density at radius 1 is 1.08 bits per heavy atom. The summed E-state index contributed by atoms with van der Waals surface area (Å²) in [7, 11) is 0. The van der Waals surface area contributed by atoms with Crippen molar-refractivity contribution in [3.8, 4) is 0 Å². The molecule has 1 heterocycles. The monoisotopic (exact) mass is 415 g/mol. The summed E-state index contributed by atoms with van der Waals surface area (Å²) in [5.74, 6) is 0.104. The molecule has 4 heteroatoms. The first-order valence-corrected chi connectivity index (χ1v) is 9.91. The zero-order valence-corrected chi connectivity index (χ0v) is 17.0. The number of nitrogens with one attached hydrogen (secondary N) is 1. The highest BCUT2D eigenvalue weighted by Gasteiger charge is 2.42. The number of amides is 1. The van der Waals surface area contributed by atoms with Gasteiger partial charge in [-0.15, -0.1) is 0 Å². The average molecular weight is 416 g/mol. The number of ether oxygens (including phenoxy) is 1. The molecule has 138 valence electrons. The van der Waals surface area contributed by atoms with Crippen molar-refractivity contribution in [2.24, 2.45) is 0 Å². The Morgan fingerprint density at radius 2 is 1.69 bits per heavy atom. The Hall–Kier alpha value is -1.65. The summed E-state index contributed by atoms with van der Waals surface area (Å²) in [6.07, 6.45) is 1.43. The van der Waals surface area contributed by atoms with Crippen molar-refractivity contribution in [3.63, 3.8) is 0 Å². The Balaban J connectivity index is 1.79. The van der Waals surface area contributed by atoms with Gasteiger partial charge in [-0.3, -0.25) is 4.79 Å². The van der Waals surface area contributed by atoms with Gasteiger partial charge in [0.1, 0.15) is 0 Å².